The highest BCUT2D eigenvalue weighted by atomic mass is 35.5. The smallest absolute Gasteiger partial charge is 0.224 e. The number of aromatic nitrogens is 4. The van der Waals surface area contributed by atoms with E-state index in [0.717, 1.165) is 60.5 Å². The molecule has 200 valence electrons. The van der Waals surface area contributed by atoms with Crippen molar-refractivity contribution in [2.75, 3.05) is 49.6 Å². The number of nitrogens with zero attached hydrogens (tertiary/aromatic N) is 6. The van der Waals surface area contributed by atoms with Crippen LogP contribution in [0.25, 0.3) is 23.4 Å². The second-order valence-corrected chi connectivity index (χ2v) is 9.53. The third-order valence-electron chi connectivity index (χ3n) is 6.50. The fourth-order valence-corrected chi connectivity index (χ4v) is 4.48. The zero-order valence-corrected chi connectivity index (χ0v) is 22.9. The Hall–Kier alpha value is -3.40. The summed E-state index contributed by atoms with van der Waals surface area (Å²) in [6.07, 6.45) is 10.7. The quantitative estimate of drug-likeness (QED) is 0.337. The third-order valence-corrected chi connectivity index (χ3v) is 6.83. The lowest BCUT2D eigenvalue weighted by Gasteiger charge is -2.24. The summed E-state index contributed by atoms with van der Waals surface area (Å²) in [6, 6.07) is 5.93. The predicted molar refractivity (Wildman–Crippen MR) is 152 cm³/mol. The first-order valence-electron chi connectivity index (χ1n) is 12.9. The van der Waals surface area contributed by atoms with Crippen LogP contribution in [0.1, 0.15) is 37.1 Å². The predicted octanol–water partition coefficient (Wildman–Crippen LogP) is 4.57. The number of aryl methyl sites for hydroxylation is 1. The Morgan fingerprint density at radius 1 is 1.11 bits per heavy atom. The van der Waals surface area contributed by atoms with Crippen molar-refractivity contribution < 1.29 is 9.53 Å². The van der Waals surface area contributed by atoms with Gasteiger partial charge in [-0.2, -0.15) is 4.98 Å². The van der Waals surface area contributed by atoms with Crippen molar-refractivity contribution in [3.8, 4) is 11.3 Å². The van der Waals surface area contributed by atoms with Crippen LogP contribution in [-0.4, -0.2) is 76.7 Å². The lowest BCUT2D eigenvalue weighted by Crippen LogP contribution is -2.35. The van der Waals surface area contributed by atoms with Crippen LogP contribution >= 0.6 is 11.6 Å². The van der Waals surface area contributed by atoms with Gasteiger partial charge in [-0.05, 0) is 44.1 Å². The number of hydrogen-bond donors (Lipinski definition) is 1. The first-order valence-corrected chi connectivity index (χ1v) is 13.3. The molecule has 0 spiro atoms. The van der Waals surface area contributed by atoms with E-state index in [4.69, 9.17) is 21.3 Å². The van der Waals surface area contributed by atoms with Gasteiger partial charge in [-0.15, -0.1) is 0 Å². The minimum Gasteiger partial charge on any atom is -0.379 e. The molecule has 4 rings (SSSR count). The van der Waals surface area contributed by atoms with E-state index in [-0.39, 0.29) is 6.04 Å². The molecule has 1 fully saturated rings. The Morgan fingerprint density at radius 2 is 1.92 bits per heavy atom. The maximum atomic E-state index is 12.2. The molecule has 1 aromatic carbocycles. The van der Waals surface area contributed by atoms with Crippen molar-refractivity contribution >= 4 is 41.9 Å². The van der Waals surface area contributed by atoms with Crippen molar-refractivity contribution in [1.29, 1.82) is 0 Å². The number of anilines is 2. The molecule has 0 aliphatic carbocycles. The van der Waals surface area contributed by atoms with Crippen LogP contribution in [0.15, 0.2) is 36.8 Å². The highest BCUT2D eigenvalue weighted by molar-refractivity contribution is 6.32. The molecule has 1 saturated heterocycles. The van der Waals surface area contributed by atoms with Gasteiger partial charge in [0, 0.05) is 48.2 Å². The number of amides is 1. The summed E-state index contributed by atoms with van der Waals surface area (Å²) in [5.41, 5.74) is 4.04. The summed E-state index contributed by atoms with van der Waals surface area (Å²) in [5, 5.41) is 3.91. The van der Waals surface area contributed by atoms with E-state index in [1.807, 2.05) is 37.3 Å². The van der Waals surface area contributed by atoms with Crippen LogP contribution in [0.5, 0.6) is 0 Å². The number of hydrogen-bond acceptors (Lipinski definition) is 8. The normalized spacial score (nSPS) is 15.3. The molecule has 2 aromatic heterocycles. The Kier molecular flexibility index (Phi) is 9.75. The molecule has 10 heteroatoms. The molecule has 1 amide bonds. The van der Waals surface area contributed by atoms with Gasteiger partial charge in [-0.3, -0.25) is 14.7 Å². The Bertz CT molecular complexity index is 1260. The molecular formula is C28H34ClN7O2. The summed E-state index contributed by atoms with van der Waals surface area (Å²) < 4.78 is 5.46. The van der Waals surface area contributed by atoms with Gasteiger partial charge < -0.3 is 15.0 Å². The first kappa shape index (κ1) is 27.6. The van der Waals surface area contributed by atoms with Gasteiger partial charge in [-0.1, -0.05) is 43.7 Å². The van der Waals surface area contributed by atoms with E-state index in [1.54, 1.807) is 23.5 Å². The fourth-order valence-electron chi connectivity index (χ4n) is 4.23. The number of halogens is 1. The minimum absolute atomic E-state index is 0.153. The molecule has 3 heterocycles. The van der Waals surface area contributed by atoms with E-state index in [9.17, 15) is 4.79 Å². The summed E-state index contributed by atoms with van der Waals surface area (Å²) in [6.45, 7) is 10.5. The van der Waals surface area contributed by atoms with E-state index in [0.29, 0.717) is 36.5 Å². The standard InChI is InChI=1S/C28H34ClN7O2/c1-4-35(5-2)11-12-36(19-37)27-23(16-31-28(34-27)33-24-10-13-38-18-24)9-7-21-6-8-22(14-25(21)29)26-17-30-15-20(3)32-26/h6-9,14-17,19,24H,4-5,10-13,18H2,1-3H3,(H,31,33,34). The van der Waals surface area contributed by atoms with Crippen LogP contribution in [0, 0.1) is 6.92 Å². The maximum absolute atomic E-state index is 12.2. The largest absolute Gasteiger partial charge is 0.379 e. The first-order chi connectivity index (χ1) is 18.5. The Balaban J connectivity index is 1.61. The van der Waals surface area contributed by atoms with Crippen molar-refractivity contribution in [3.63, 3.8) is 0 Å². The van der Waals surface area contributed by atoms with Crippen LogP contribution in [0.2, 0.25) is 5.02 Å². The summed E-state index contributed by atoms with van der Waals surface area (Å²) in [5.74, 6) is 1.02. The molecule has 0 saturated carbocycles. The number of carbonyl (C=O) groups excluding carboxylic acids is 1. The van der Waals surface area contributed by atoms with Crippen LogP contribution in [-0.2, 0) is 9.53 Å². The number of nitrogens with one attached hydrogen (secondary N) is 1. The van der Waals surface area contributed by atoms with E-state index < -0.39 is 0 Å². The number of benzene rings is 1. The molecule has 1 atom stereocenters. The van der Waals surface area contributed by atoms with Crippen molar-refractivity contribution in [3.05, 3.63) is 58.6 Å². The van der Waals surface area contributed by atoms with Crippen molar-refractivity contribution in [2.24, 2.45) is 0 Å². The summed E-state index contributed by atoms with van der Waals surface area (Å²) >= 11 is 6.63. The molecule has 0 bridgehead atoms. The average molecular weight is 536 g/mol. The molecule has 1 aliphatic rings. The topological polar surface area (TPSA) is 96.4 Å². The third kappa shape index (κ3) is 7.12. The van der Waals surface area contributed by atoms with Gasteiger partial charge in [-0.25, -0.2) is 9.97 Å². The van der Waals surface area contributed by atoms with Crippen LogP contribution in [0.4, 0.5) is 11.8 Å². The highest BCUT2D eigenvalue weighted by Gasteiger charge is 2.19. The Labute approximate surface area is 228 Å². The van der Waals surface area contributed by atoms with Gasteiger partial charge in [0.1, 0.15) is 5.82 Å². The van der Waals surface area contributed by atoms with Gasteiger partial charge in [0.15, 0.2) is 0 Å². The molecule has 1 unspecified atom stereocenters. The van der Waals surface area contributed by atoms with Crippen molar-refractivity contribution in [2.45, 2.75) is 33.2 Å². The molecule has 38 heavy (non-hydrogen) atoms. The van der Waals surface area contributed by atoms with Gasteiger partial charge in [0.05, 0.1) is 30.2 Å². The maximum Gasteiger partial charge on any atom is 0.224 e. The monoisotopic (exact) mass is 535 g/mol. The molecule has 0 radical (unpaired) electrons. The van der Waals surface area contributed by atoms with Gasteiger partial charge in [0.25, 0.3) is 0 Å². The highest BCUT2D eigenvalue weighted by Crippen LogP contribution is 2.27. The number of likely N-dealkylation sites (N-methyl/N-ethyl adjacent to an activating group) is 1. The van der Waals surface area contributed by atoms with Crippen LogP contribution < -0.4 is 10.2 Å². The zero-order chi connectivity index (χ0) is 26.9. The lowest BCUT2D eigenvalue weighted by molar-refractivity contribution is -0.107. The lowest BCUT2D eigenvalue weighted by atomic mass is 10.1. The molecular weight excluding hydrogens is 502 g/mol. The Morgan fingerprint density at radius 3 is 2.61 bits per heavy atom. The van der Waals surface area contributed by atoms with E-state index >= 15 is 0 Å². The zero-order valence-electron chi connectivity index (χ0n) is 22.1. The molecule has 1 aliphatic heterocycles. The minimum atomic E-state index is 0.153. The molecule has 3 aromatic rings. The van der Waals surface area contributed by atoms with E-state index in [1.165, 1.54) is 0 Å². The number of rotatable bonds is 12. The SMILES string of the molecule is CCN(CC)CCN(C=O)c1nc(NC2CCOC2)ncc1C=Cc1ccc(-c2cncc(C)n2)cc1Cl. The van der Waals surface area contributed by atoms with E-state index in [2.05, 4.69) is 39.0 Å². The van der Waals surface area contributed by atoms with Crippen molar-refractivity contribution in [1.82, 2.24) is 24.8 Å². The second-order valence-electron chi connectivity index (χ2n) is 9.12. The number of carbonyl (C=O) groups is 1. The molecule has 9 nitrogen and oxygen atoms in total. The second kappa shape index (κ2) is 13.4. The fraction of sp³-hybridized carbons (Fsp3) is 0.393. The van der Waals surface area contributed by atoms with Gasteiger partial charge >= 0.3 is 0 Å². The molecule has 1 N–H and O–H groups in total. The number of ether oxygens (including phenoxy) is 1. The summed E-state index contributed by atoms with van der Waals surface area (Å²) in [4.78, 5) is 34.1. The van der Waals surface area contributed by atoms with Crippen LogP contribution in [0.3, 0.4) is 0 Å². The van der Waals surface area contributed by atoms with Gasteiger partial charge in [0.2, 0.25) is 12.4 Å². The summed E-state index contributed by atoms with van der Waals surface area (Å²) in [7, 11) is 0. The average Bonchev–Trinajstić information content (AvgIpc) is 3.44.